The second-order valence-corrected chi connectivity index (χ2v) is 15.3. The van der Waals surface area contributed by atoms with E-state index in [9.17, 15) is 49.2 Å². The lowest BCUT2D eigenvalue weighted by Crippen LogP contribution is -2.34. The first-order chi connectivity index (χ1) is 26.3. The maximum absolute atomic E-state index is 14.3. The largest absolute Gasteiger partial charge is 0.507 e. The van der Waals surface area contributed by atoms with Gasteiger partial charge >= 0.3 is 0 Å². The van der Waals surface area contributed by atoms with Gasteiger partial charge in [0.25, 0.3) is 0 Å². The molecular formula is C43H52N2O10S. The highest BCUT2D eigenvalue weighted by Crippen LogP contribution is 2.39. The zero-order chi connectivity index (χ0) is 41.9. The van der Waals surface area contributed by atoms with Crippen LogP contribution < -0.4 is 10.6 Å². The van der Waals surface area contributed by atoms with E-state index in [4.69, 9.17) is 0 Å². The molecule has 12 nitrogen and oxygen atoms in total. The lowest BCUT2D eigenvalue weighted by atomic mass is 9.83. The van der Waals surface area contributed by atoms with Crippen LogP contribution in [-0.2, 0) is 14.4 Å². The first kappa shape index (κ1) is 45.4. The van der Waals surface area contributed by atoms with E-state index in [-0.39, 0.29) is 75.3 Å². The van der Waals surface area contributed by atoms with E-state index in [1.165, 1.54) is 51.1 Å². The average Bonchev–Trinajstić information content (AvgIpc) is 3.14. The quantitative estimate of drug-likeness (QED) is 0.178. The number of aryl methyl sites for hydroxylation is 1. The fourth-order valence-electron chi connectivity index (χ4n) is 6.03. The summed E-state index contributed by atoms with van der Waals surface area (Å²) in [6.45, 7) is 11.2. The van der Waals surface area contributed by atoms with Crippen LogP contribution in [0.3, 0.4) is 0 Å². The van der Waals surface area contributed by atoms with Crippen LogP contribution in [0.4, 0.5) is 0 Å². The number of benzene rings is 1. The Morgan fingerprint density at radius 2 is 1.52 bits per heavy atom. The van der Waals surface area contributed by atoms with Crippen LogP contribution in [0, 0.1) is 24.7 Å². The van der Waals surface area contributed by atoms with E-state index in [1.807, 2.05) is 0 Å². The summed E-state index contributed by atoms with van der Waals surface area (Å²) >= 11 is 0.900. The number of hydrogen-bond donors (Lipinski definition) is 6. The lowest BCUT2D eigenvalue weighted by Gasteiger charge is -2.24. The molecule has 0 saturated heterocycles. The van der Waals surface area contributed by atoms with Gasteiger partial charge in [0.15, 0.2) is 11.6 Å². The van der Waals surface area contributed by atoms with E-state index in [0.717, 1.165) is 17.8 Å². The summed E-state index contributed by atoms with van der Waals surface area (Å²) in [5.41, 5.74) is -0.600. The fraction of sp³-hybridized carbons (Fsp3) is 0.395. The number of Topliss-reactive ketones (excluding diaryl/α,β-unsaturated/α-hetero) is 4. The van der Waals surface area contributed by atoms with Crippen molar-refractivity contribution in [3.05, 3.63) is 111 Å². The Labute approximate surface area is 331 Å². The van der Waals surface area contributed by atoms with Crippen LogP contribution in [0.15, 0.2) is 88.6 Å². The number of hydrogen-bond acceptors (Lipinski definition) is 11. The molecule has 1 aliphatic carbocycles. The van der Waals surface area contributed by atoms with Crippen molar-refractivity contribution in [1.82, 2.24) is 10.6 Å². The molecule has 0 radical (unpaired) electrons. The number of aromatic hydroxyl groups is 1. The SMILES string of the molecule is CC(=O)NCCSC1=C2NC(=O)C=CC=CC=C[C@H](C)[C@@H](O)CC(=O)C(C)=CC[C@H](O)C=C[C@H](C)[C@H](O)[C@@H](C)C=C(C)C(=O)c3c(O)c(C)cc(c3C1=O)C2=O. The molecule has 2 amide bonds. The average molecular weight is 789 g/mol. The number of phenols is 1. The standard InChI is InChI=1S/C43H52N2O10S/c1-23-12-10-8-9-11-13-34(50)45-37-41(54)31-21-28(6)40(53)36(35(31)42(55)43(37)56-19-18-44-29(7)46)39(52)27(5)20-26(4)38(51)25(3)15-17-30(47)16-14-24(2)33(49)22-32(23)48/h8-15,17,20-21,23,25-26,30,32,38,47-48,51,53H,16,18-19,22H2,1-7H3,(H,44,46)(H,45,50)/t23-,25-,26-,30-,32-,38-/m0/s1. The molecule has 2 aliphatic heterocycles. The van der Waals surface area contributed by atoms with E-state index in [0.29, 0.717) is 5.57 Å². The van der Waals surface area contributed by atoms with Crippen molar-refractivity contribution in [2.75, 3.05) is 12.3 Å². The zero-order valence-electron chi connectivity index (χ0n) is 32.8. The fourth-order valence-corrected chi connectivity index (χ4v) is 6.96. The maximum atomic E-state index is 14.3. The van der Waals surface area contributed by atoms with Crippen LogP contribution in [0.5, 0.6) is 5.75 Å². The molecule has 4 bridgehead atoms. The smallest absolute Gasteiger partial charge is 0.248 e. The van der Waals surface area contributed by atoms with Gasteiger partial charge in [0, 0.05) is 60.6 Å². The summed E-state index contributed by atoms with van der Waals surface area (Å²) < 4.78 is 0. The number of amides is 2. The van der Waals surface area contributed by atoms with Gasteiger partial charge in [-0.15, -0.1) is 11.8 Å². The highest BCUT2D eigenvalue weighted by atomic mass is 32.2. The molecule has 0 saturated carbocycles. The predicted octanol–water partition coefficient (Wildman–Crippen LogP) is 4.93. The van der Waals surface area contributed by atoms with Crippen molar-refractivity contribution in [3.63, 3.8) is 0 Å². The molecule has 1 aromatic rings. The topological polar surface area (TPSA) is 207 Å². The van der Waals surface area contributed by atoms with Crippen LogP contribution in [0.1, 0.15) is 91.0 Å². The summed E-state index contributed by atoms with van der Waals surface area (Å²) in [4.78, 5) is 79.6. The van der Waals surface area contributed by atoms with Crippen molar-refractivity contribution in [1.29, 1.82) is 0 Å². The molecule has 3 aliphatic rings. The maximum Gasteiger partial charge on any atom is 0.248 e. The molecule has 6 N–H and O–H groups in total. The van der Waals surface area contributed by atoms with Gasteiger partial charge in [-0.2, -0.15) is 0 Å². The Bertz CT molecular complexity index is 1950. The molecule has 1 aromatic carbocycles. The van der Waals surface area contributed by atoms with Gasteiger partial charge < -0.3 is 31.1 Å². The summed E-state index contributed by atoms with van der Waals surface area (Å²) in [5.74, 6) is -5.48. The minimum Gasteiger partial charge on any atom is -0.507 e. The summed E-state index contributed by atoms with van der Waals surface area (Å²) in [6, 6.07) is 1.29. The van der Waals surface area contributed by atoms with Crippen molar-refractivity contribution in [2.45, 2.75) is 79.6 Å². The Kier molecular flexibility index (Phi) is 16.9. The molecular weight excluding hydrogens is 737 g/mol. The first-order valence-corrected chi connectivity index (χ1v) is 19.4. The Hall–Kier alpha value is -4.95. The third kappa shape index (κ3) is 12.0. The van der Waals surface area contributed by atoms with Gasteiger partial charge in [0.05, 0.1) is 28.8 Å². The summed E-state index contributed by atoms with van der Waals surface area (Å²) in [6.07, 6.45) is 12.3. The summed E-state index contributed by atoms with van der Waals surface area (Å²) in [5, 5.41) is 48.7. The number of carbonyl (C=O) groups excluding carboxylic acids is 6. The van der Waals surface area contributed by atoms with Crippen molar-refractivity contribution >= 4 is 46.7 Å². The van der Waals surface area contributed by atoms with Gasteiger partial charge in [-0.25, -0.2) is 0 Å². The number of nitrogens with one attached hydrogen (secondary N) is 2. The molecule has 13 heteroatoms. The van der Waals surface area contributed by atoms with Crippen LogP contribution in [0.25, 0.3) is 0 Å². The molecule has 0 aromatic heterocycles. The van der Waals surface area contributed by atoms with Gasteiger partial charge in [-0.3, -0.25) is 28.8 Å². The Morgan fingerprint density at radius 3 is 2.20 bits per heavy atom. The molecule has 300 valence electrons. The summed E-state index contributed by atoms with van der Waals surface area (Å²) in [7, 11) is 0. The van der Waals surface area contributed by atoms with Crippen LogP contribution in [-0.4, -0.2) is 86.0 Å². The molecule has 0 fully saturated rings. The first-order valence-electron chi connectivity index (χ1n) is 18.4. The van der Waals surface area contributed by atoms with E-state index < -0.39 is 65.1 Å². The van der Waals surface area contributed by atoms with E-state index >= 15 is 0 Å². The third-order valence-electron chi connectivity index (χ3n) is 9.51. The third-order valence-corrected chi connectivity index (χ3v) is 10.6. The van der Waals surface area contributed by atoms with Crippen LogP contribution in [0.2, 0.25) is 0 Å². The number of carbonyl (C=O) groups is 6. The normalized spacial score (nSPS) is 25.0. The number of allylic oxidation sites excluding steroid dienone is 8. The Morgan fingerprint density at radius 1 is 0.839 bits per heavy atom. The number of fused-ring (bicyclic) bond motifs is 18. The number of rotatable bonds is 4. The van der Waals surface area contributed by atoms with Gasteiger partial charge in [-0.05, 0) is 50.0 Å². The molecule has 2 heterocycles. The highest BCUT2D eigenvalue weighted by Gasteiger charge is 2.39. The van der Waals surface area contributed by atoms with Crippen molar-refractivity contribution in [2.24, 2.45) is 17.8 Å². The molecule has 4 rings (SSSR count). The van der Waals surface area contributed by atoms with Crippen LogP contribution >= 0.6 is 11.8 Å². The highest BCUT2D eigenvalue weighted by molar-refractivity contribution is 8.04. The lowest BCUT2D eigenvalue weighted by molar-refractivity contribution is -0.119. The van der Waals surface area contributed by atoms with Gasteiger partial charge in [0.1, 0.15) is 11.4 Å². The van der Waals surface area contributed by atoms with Crippen molar-refractivity contribution < 1.29 is 49.2 Å². The van der Waals surface area contributed by atoms with Gasteiger partial charge in [-0.1, -0.05) is 75.5 Å². The number of thioether (sulfide) groups is 1. The van der Waals surface area contributed by atoms with E-state index in [1.54, 1.807) is 58.1 Å². The van der Waals surface area contributed by atoms with E-state index in [2.05, 4.69) is 10.6 Å². The number of phenolic OH excluding ortho intramolecular Hbond substituents is 1. The molecule has 0 unspecified atom stereocenters. The predicted molar refractivity (Wildman–Crippen MR) is 216 cm³/mol. The second-order valence-electron chi connectivity index (χ2n) is 14.2. The molecule has 0 spiro atoms. The molecule has 56 heavy (non-hydrogen) atoms. The molecule has 6 atom stereocenters. The second kappa shape index (κ2) is 20.8. The van der Waals surface area contributed by atoms with Gasteiger partial charge in [0.2, 0.25) is 23.4 Å². The minimum absolute atomic E-state index is 0.0841. The Balaban J connectivity index is 2.13. The number of aliphatic hydroxyl groups is 3. The number of aliphatic hydroxyl groups excluding tert-OH is 3. The monoisotopic (exact) mass is 788 g/mol. The van der Waals surface area contributed by atoms with Crippen molar-refractivity contribution in [3.8, 4) is 5.75 Å². The minimum atomic E-state index is -1.03. The zero-order valence-corrected chi connectivity index (χ0v) is 33.6. The number of ketones is 4.